The number of fused-ring (bicyclic) bond motifs is 1. The van der Waals surface area contributed by atoms with Crippen LogP contribution in [0.5, 0.6) is 0 Å². The van der Waals surface area contributed by atoms with E-state index in [2.05, 4.69) is 88.3 Å². The maximum absolute atomic E-state index is 4.30. The zero-order valence-corrected chi connectivity index (χ0v) is 19.1. The molecule has 1 N–H and O–H groups in total. The van der Waals surface area contributed by atoms with Crippen LogP contribution in [0.1, 0.15) is 65.4 Å². The molecule has 0 radical (unpaired) electrons. The lowest BCUT2D eigenvalue weighted by atomic mass is 9.90. The van der Waals surface area contributed by atoms with Crippen molar-refractivity contribution in [3.05, 3.63) is 87.5 Å². The lowest BCUT2D eigenvalue weighted by molar-refractivity contribution is 0.992. The van der Waals surface area contributed by atoms with Gasteiger partial charge in [0, 0.05) is 21.5 Å². The van der Waals surface area contributed by atoms with Gasteiger partial charge < -0.3 is 4.98 Å². The van der Waals surface area contributed by atoms with E-state index in [1.165, 1.54) is 44.0 Å². The van der Waals surface area contributed by atoms with Gasteiger partial charge in [0.1, 0.15) is 0 Å². The Morgan fingerprint density at radius 1 is 1.13 bits per heavy atom. The molecule has 30 heavy (non-hydrogen) atoms. The van der Waals surface area contributed by atoms with Gasteiger partial charge in [-0.25, -0.2) is 0 Å². The average molecular weight is 398 g/mol. The molecule has 3 rings (SSSR count). The lowest BCUT2D eigenvalue weighted by Gasteiger charge is -2.15. The van der Waals surface area contributed by atoms with Gasteiger partial charge in [-0.15, -0.1) is 6.58 Å². The monoisotopic (exact) mass is 397 g/mol. The Morgan fingerprint density at radius 3 is 2.60 bits per heavy atom. The summed E-state index contributed by atoms with van der Waals surface area (Å²) >= 11 is 0. The van der Waals surface area contributed by atoms with E-state index in [0.717, 1.165) is 43.0 Å². The molecule has 1 aromatic carbocycles. The van der Waals surface area contributed by atoms with Gasteiger partial charge in [-0.3, -0.25) is 0 Å². The third-order valence-corrected chi connectivity index (χ3v) is 5.81. The highest BCUT2D eigenvalue weighted by atomic mass is 14.7. The van der Waals surface area contributed by atoms with Crippen LogP contribution < -0.4 is 10.6 Å². The first-order chi connectivity index (χ1) is 14.4. The largest absolute Gasteiger partial charge is 0.355 e. The van der Waals surface area contributed by atoms with Crippen LogP contribution >= 0.6 is 0 Å². The molecule has 0 fully saturated rings. The average Bonchev–Trinajstić information content (AvgIpc) is 3.04. The summed E-state index contributed by atoms with van der Waals surface area (Å²) in [6.45, 7) is 16.9. The van der Waals surface area contributed by atoms with E-state index in [9.17, 15) is 0 Å². The van der Waals surface area contributed by atoms with Crippen molar-refractivity contribution in [2.45, 2.75) is 59.8 Å². The SMILES string of the molecule is C=CCC/C(C=C(C)C)=C(C)\C=c1/c(=C)[nH]c2cc(C3=CCCC=C3CC)ccc12. The van der Waals surface area contributed by atoms with E-state index in [1.54, 1.807) is 0 Å². The number of aromatic amines is 1. The number of rotatable bonds is 7. The molecule has 1 heterocycles. The number of hydrogen-bond acceptors (Lipinski definition) is 0. The van der Waals surface area contributed by atoms with Crippen molar-refractivity contribution < 1.29 is 0 Å². The molecule has 1 aliphatic carbocycles. The normalized spacial score (nSPS) is 15.5. The number of nitrogens with one attached hydrogen (secondary N) is 1. The molecule has 0 unspecified atom stereocenters. The van der Waals surface area contributed by atoms with Crippen LogP contribution in [0.2, 0.25) is 0 Å². The Hall–Kier alpha value is -2.80. The van der Waals surface area contributed by atoms with Gasteiger partial charge in [0.2, 0.25) is 0 Å². The van der Waals surface area contributed by atoms with Crippen LogP contribution in [0.25, 0.3) is 29.1 Å². The van der Waals surface area contributed by atoms with E-state index in [0.29, 0.717) is 0 Å². The maximum Gasteiger partial charge on any atom is 0.0470 e. The lowest BCUT2D eigenvalue weighted by Crippen LogP contribution is -2.20. The number of aromatic nitrogens is 1. The van der Waals surface area contributed by atoms with Gasteiger partial charge in [-0.1, -0.05) is 55.5 Å². The molecule has 0 bridgehead atoms. The molecule has 1 nitrogen and oxygen atoms in total. The summed E-state index contributed by atoms with van der Waals surface area (Å²) in [7, 11) is 0. The Morgan fingerprint density at radius 2 is 1.90 bits per heavy atom. The summed E-state index contributed by atoms with van der Waals surface area (Å²) in [4.78, 5) is 3.52. The predicted molar refractivity (Wildman–Crippen MR) is 135 cm³/mol. The Kier molecular flexibility index (Phi) is 7.15. The third kappa shape index (κ3) is 4.84. The van der Waals surface area contributed by atoms with E-state index >= 15 is 0 Å². The zero-order chi connectivity index (χ0) is 21.7. The highest BCUT2D eigenvalue weighted by Gasteiger charge is 2.11. The Bertz CT molecular complexity index is 1170. The Balaban J connectivity index is 2.10. The summed E-state index contributed by atoms with van der Waals surface area (Å²) < 4.78 is 0. The fraction of sp³-hybridized carbons (Fsp3) is 0.310. The molecule has 0 saturated carbocycles. The zero-order valence-electron chi connectivity index (χ0n) is 19.1. The van der Waals surface area contributed by atoms with Crippen molar-refractivity contribution in [3.8, 4) is 0 Å². The smallest absolute Gasteiger partial charge is 0.0470 e. The molecule has 1 heteroatoms. The molecular formula is C29H35N. The number of hydrogen-bond donors (Lipinski definition) is 1. The number of H-pyrrole nitrogens is 1. The van der Waals surface area contributed by atoms with E-state index in [4.69, 9.17) is 0 Å². The Labute approximate surface area is 181 Å². The second kappa shape index (κ2) is 9.80. The van der Waals surface area contributed by atoms with Crippen molar-refractivity contribution in [1.29, 1.82) is 0 Å². The van der Waals surface area contributed by atoms with Crippen LogP contribution in [0.3, 0.4) is 0 Å². The highest BCUT2D eigenvalue weighted by Crippen LogP contribution is 2.31. The number of allylic oxidation sites excluding steroid dienone is 9. The first-order valence-electron chi connectivity index (χ1n) is 11.1. The van der Waals surface area contributed by atoms with Crippen LogP contribution in [0.15, 0.2) is 71.4 Å². The minimum atomic E-state index is 0.977. The minimum absolute atomic E-state index is 0.977. The topological polar surface area (TPSA) is 15.8 Å². The molecule has 1 aromatic heterocycles. The molecule has 0 saturated heterocycles. The van der Waals surface area contributed by atoms with Crippen molar-refractivity contribution >= 4 is 29.1 Å². The van der Waals surface area contributed by atoms with Crippen molar-refractivity contribution in [2.75, 3.05) is 0 Å². The first kappa shape index (κ1) is 21.9. The van der Waals surface area contributed by atoms with Crippen LogP contribution in [0, 0.1) is 0 Å². The van der Waals surface area contributed by atoms with Gasteiger partial charge >= 0.3 is 0 Å². The van der Waals surface area contributed by atoms with Crippen LogP contribution in [0.4, 0.5) is 0 Å². The standard InChI is InChI=1S/C29H35N/c1-7-9-12-24(17-20(3)4)21(5)18-28-22(6)30-29-19-25(15-16-27(28)29)26-14-11-10-13-23(26)8-2/h7,13-19,30H,1,6,8-12H2,2-5H3/b24-21+,28-18+. The highest BCUT2D eigenvalue weighted by molar-refractivity contribution is 5.89. The van der Waals surface area contributed by atoms with Gasteiger partial charge in [0.05, 0.1) is 0 Å². The van der Waals surface area contributed by atoms with Gasteiger partial charge in [0.15, 0.2) is 0 Å². The number of benzene rings is 1. The summed E-state index contributed by atoms with van der Waals surface area (Å²) in [5.41, 5.74) is 9.29. The van der Waals surface area contributed by atoms with Crippen molar-refractivity contribution in [3.63, 3.8) is 0 Å². The quantitative estimate of drug-likeness (QED) is 0.378. The fourth-order valence-corrected chi connectivity index (χ4v) is 4.27. The van der Waals surface area contributed by atoms with Crippen LogP contribution in [-0.4, -0.2) is 4.98 Å². The van der Waals surface area contributed by atoms with E-state index < -0.39 is 0 Å². The second-order valence-electron chi connectivity index (χ2n) is 8.46. The third-order valence-electron chi connectivity index (χ3n) is 5.81. The minimum Gasteiger partial charge on any atom is -0.355 e. The van der Waals surface area contributed by atoms with Crippen LogP contribution in [-0.2, 0) is 0 Å². The first-order valence-corrected chi connectivity index (χ1v) is 11.1. The van der Waals surface area contributed by atoms with E-state index in [-0.39, 0.29) is 0 Å². The maximum atomic E-state index is 4.30. The van der Waals surface area contributed by atoms with Gasteiger partial charge in [0.25, 0.3) is 0 Å². The molecule has 2 aromatic rings. The van der Waals surface area contributed by atoms with Gasteiger partial charge in [-0.2, -0.15) is 0 Å². The molecule has 156 valence electrons. The predicted octanol–water partition coefficient (Wildman–Crippen LogP) is 7.12. The summed E-state index contributed by atoms with van der Waals surface area (Å²) in [5.74, 6) is 0. The summed E-state index contributed by atoms with van der Waals surface area (Å²) in [5, 5.41) is 3.41. The second-order valence-corrected chi connectivity index (χ2v) is 8.46. The summed E-state index contributed by atoms with van der Waals surface area (Å²) in [6, 6.07) is 6.80. The van der Waals surface area contributed by atoms with E-state index in [1.807, 2.05) is 6.08 Å². The molecule has 0 atom stereocenters. The van der Waals surface area contributed by atoms with Crippen molar-refractivity contribution in [2.24, 2.45) is 0 Å². The molecule has 0 amide bonds. The summed E-state index contributed by atoms with van der Waals surface area (Å²) in [6.07, 6.45) is 16.7. The van der Waals surface area contributed by atoms with Crippen molar-refractivity contribution in [1.82, 2.24) is 4.98 Å². The molecule has 1 aliphatic rings. The van der Waals surface area contributed by atoms with Gasteiger partial charge in [-0.05, 0) is 92.9 Å². The molecule has 0 aliphatic heterocycles. The fourth-order valence-electron chi connectivity index (χ4n) is 4.27. The molecule has 0 spiro atoms. The molecular weight excluding hydrogens is 362 g/mol.